The van der Waals surface area contributed by atoms with Crippen molar-refractivity contribution in [2.45, 2.75) is 19.4 Å². The number of fused-ring (bicyclic) bond motifs is 1. The Balaban J connectivity index is 2.33. The number of hydrogen-bond donors (Lipinski definition) is 1. The van der Waals surface area contributed by atoms with E-state index < -0.39 is 41.2 Å². The van der Waals surface area contributed by atoms with Gasteiger partial charge in [-0.2, -0.15) is 4.99 Å². The zero-order valence-electron chi connectivity index (χ0n) is 14.2. The third kappa shape index (κ3) is 3.42. The summed E-state index contributed by atoms with van der Waals surface area (Å²) in [6.07, 6.45) is 0.00310. The van der Waals surface area contributed by atoms with Crippen LogP contribution in [0, 0.1) is 23.3 Å². The maximum absolute atomic E-state index is 14.2. The number of aromatic nitrogens is 1. The molecule has 0 aliphatic heterocycles. The topological polar surface area (TPSA) is 71.7 Å². The minimum Gasteiger partial charge on any atom is -0.480 e. The van der Waals surface area contributed by atoms with E-state index in [1.165, 1.54) is 19.1 Å². The number of aliphatic carboxylic acids is 1. The third-order valence-electron chi connectivity index (χ3n) is 4.01. The van der Waals surface area contributed by atoms with Crippen molar-refractivity contribution in [1.29, 1.82) is 0 Å². The Morgan fingerprint density at radius 3 is 2.50 bits per heavy atom. The number of carbonyl (C=O) groups excluding carboxylic acids is 1. The smallest absolute Gasteiger partial charge is 0.326 e. The van der Waals surface area contributed by atoms with Gasteiger partial charge in [-0.3, -0.25) is 4.79 Å². The minimum atomic E-state index is -1.72. The van der Waals surface area contributed by atoms with Gasteiger partial charge < -0.3 is 9.67 Å². The third-order valence-corrected chi connectivity index (χ3v) is 5.07. The van der Waals surface area contributed by atoms with E-state index in [-0.39, 0.29) is 27.0 Å². The molecule has 0 bridgehead atoms. The summed E-state index contributed by atoms with van der Waals surface area (Å²) < 4.78 is 55.4. The molecular weight excluding hydrogens is 400 g/mol. The van der Waals surface area contributed by atoms with Crippen LogP contribution in [0.5, 0.6) is 0 Å². The maximum Gasteiger partial charge on any atom is 0.326 e. The Hall–Kier alpha value is -3.01. The number of nitrogens with zero attached hydrogens (tertiary/aromatic N) is 2. The van der Waals surface area contributed by atoms with Gasteiger partial charge in [0.2, 0.25) is 0 Å². The van der Waals surface area contributed by atoms with Crippen LogP contribution in [0.4, 0.5) is 17.6 Å². The van der Waals surface area contributed by atoms with Crippen molar-refractivity contribution in [1.82, 2.24) is 4.57 Å². The van der Waals surface area contributed by atoms with Gasteiger partial charge >= 0.3 is 5.97 Å². The Kier molecular flexibility index (Phi) is 5.32. The average Bonchev–Trinajstić information content (AvgIpc) is 2.98. The van der Waals surface area contributed by atoms with Gasteiger partial charge in [-0.25, -0.2) is 22.4 Å². The molecule has 0 radical (unpaired) electrons. The number of amides is 1. The summed E-state index contributed by atoms with van der Waals surface area (Å²) in [5.74, 6) is -7.65. The molecule has 1 amide bonds. The van der Waals surface area contributed by atoms with Gasteiger partial charge in [0.15, 0.2) is 22.3 Å². The lowest BCUT2D eigenvalue weighted by molar-refractivity contribution is -0.140. The quantitative estimate of drug-likeness (QED) is 0.519. The zero-order valence-corrected chi connectivity index (χ0v) is 15.1. The van der Waals surface area contributed by atoms with Crippen molar-refractivity contribution in [3.63, 3.8) is 0 Å². The standard InChI is InChI=1S/C18H12F4N2O3S/c1-2-11(17(26)27)24-12-7-10(20)13(21)14(22)15(12)28-18(24)23-16(25)8-4-3-5-9(19)6-8/h3-7,11H,2H2,1H3,(H,26,27). The first-order valence-electron chi connectivity index (χ1n) is 8.00. The van der Waals surface area contributed by atoms with Crippen LogP contribution in [0.15, 0.2) is 35.3 Å². The molecular formula is C18H12F4N2O3S. The molecule has 3 aromatic rings. The first kappa shape index (κ1) is 19.7. The molecule has 10 heteroatoms. The molecule has 0 fully saturated rings. The van der Waals surface area contributed by atoms with Crippen molar-refractivity contribution in [3.05, 3.63) is 64.0 Å². The summed E-state index contributed by atoms with van der Waals surface area (Å²) in [7, 11) is 0. The predicted molar refractivity (Wildman–Crippen MR) is 92.9 cm³/mol. The fourth-order valence-electron chi connectivity index (χ4n) is 2.70. The number of carbonyl (C=O) groups is 2. The van der Waals surface area contributed by atoms with Gasteiger partial charge in [-0.15, -0.1) is 0 Å². The Labute approximate surface area is 159 Å². The van der Waals surface area contributed by atoms with E-state index in [0.717, 1.165) is 16.7 Å². The molecule has 0 spiro atoms. The van der Waals surface area contributed by atoms with Crippen LogP contribution in [0.2, 0.25) is 0 Å². The van der Waals surface area contributed by atoms with Gasteiger partial charge in [0, 0.05) is 11.6 Å². The fourth-order valence-corrected chi connectivity index (χ4v) is 3.78. The zero-order chi connectivity index (χ0) is 20.6. The Bertz CT molecular complexity index is 1170. The van der Waals surface area contributed by atoms with Gasteiger partial charge in [0.05, 0.1) is 10.2 Å². The molecule has 1 aromatic heterocycles. The molecule has 0 saturated heterocycles. The second-order valence-corrected chi connectivity index (χ2v) is 6.76. The predicted octanol–water partition coefficient (Wildman–Crippen LogP) is 4.04. The van der Waals surface area contributed by atoms with Crippen LogP contribution in [-0.2, 0) is 4.79 Å². The van der Waals surface area contributed by atoms with Crippen molar-refractivity contribution in [2.75, 3.05) is 0 Å². The molecule has 146 valence electrons. The van der Waals surface area contributed by atoms with Crippen molar-refractivity contribution >= 4 is 33.4 Å². The first-order chi connectivity index (χ1) is 13.2. The summed E-state index contributed by atoms with van der Waals surface area (Å²) in [5.41, 5.74) is -0.369. The summed E-state index contributed by atoms with van der Waals surface area (Å²) in [6.45, 7) is 1.52. The fraction of sp³-hybridized carbons (Fsp3) is 0.167. The number of carboxylic acid groups (broad SMARTS) is 1. The number of rotatable bonds is 4. The summed E-state index contributed by atoms with van der Waals surface area (Å²) in [5, 5.41) is 9.46. The lowest BCUT2D eigenvalue weighted by atomic mass is 10.2. The second kappa shape index (κ2) is 7.55. The van der Waals surface area contributed by atoms with Gasteiger partial charge in [0.1, 0.15) is 11.9 Å². The highest BCUT2D eigenvalue weighted by Crippen LogP contribution is 2.28. The molecule has 3 rings (SSSR count). The summed E-state index contributed by atoms with van der Waals surface area (Å²) in [4.78, 5) is 27.5. The van der Waals surface area contributed by atoms with Crippen LogP contribution in [0.3, 0.4) is 0 Å². The van der Waals surface area contributed by atoms with Crippen LogP contribution < -0.4 is 4.80 Å². The van der Waals surface area contributed by atoms with Crippen LogP contribution in [0.1, 0.15) is 29.7 Å². The Morgan fingerprint density at radius 1 is 1.18 bits per heavy atom. The lowest BCUT2D eigenvalue weighted by Gasteiger charge is -2.13. The van der Waals surface area contributed by atoms with Crippen molar-refractivity contribution in [3.8, 4) is 0 Å². The van der Waals surface area contributed by atoms with Gasteiger partial charge in [0.25, 0.3) is 5.91 Å². The highest BCUT2D eigenvalue weighted by Gasteiger charge is 2.26. The number of hydrogen-bond acceptors (Lipinski definition) is 3. The van der Waals surface area contributed by atoms with Crippen molar-refractivity contribution in [2.24, 2.45) is 4.99 Å². The molecule has 0 aliphatic carbocycles. The molecule has 1 unspecified atom stereocenters. The first-order valence-corrected chi connectivity index (χ1v) is 8.82. The van der Waals surface area contributed by atoms with E-state index in [1.807, 2.05) is 0 Å². The SMILES string of the molecule is CCC(C(=O)O)n1c(=NC(=O)c2cccc(F)c2)sc2c(F)c(F)c(F)cc21. The van der Waals surface area contributed by atoms with Crippen LogP contribution in [0.25, 0.3) is 10.2 Å². The van der Waals surface area contributed by atoms with E-state index in [4.69, 9.17) is 0 Å². The maximum atomic E-state index is 14.2. The minimum absolute atomic E-state index is 0.00310. The largest absolute Gasteiger partial charge is 0.480 e. The highest BCUT2D eigenvalue weighted by molar-refractivity contribution is 7.16. The second-order valence-electron chi connectivity index (χ2n) is 5.78. The number of carboxylic acids is 1. The molecule has 1 atom stereocenters. The van der Waals surface area contributed by atoms with E-state index in [2.05, 4.69) is 4.99 Å². The highest BCUT2D eigenvalue weighted by atomic mass is 32.1. The summed E-state index contributed by atoms with van der Waals surface area (Å²) >= 11 is 0.498. The molecule has 0 aliphatic rings. The number of benzene rings is 2. The van der Waals surface area contributed by atoms with Crippen LogP contribution in [-0.4, -0.2) is 21.6 Å². The summed E-state index contributed by atoms with van der Waals surface area (Å²) in [6, 6.07) is 3.97. The Morgan fingerprint density at radius 2 is 1.89 bits per heavy atom. The normalized spacial score (nSPS) is 13.1. The van der Waals surface area contributed by atoms with Crippen LogP contribution >= 0.6 is 11.3 Å². The molecule has 0 saturated carbocycles. The average molecular weight is 412 g/mol. The lowest BCUT2D eigenvalue weighted by Crippen LogP contribution is -2.27. The number of thiazole rings is 1. The van der Waals surface area contributed by atoms with Gasteiger partial charge in [-0.1, -0.05) is 24.3 Å². The monoisotopic (exact) mass is 412 g/mol. The van der Waals surface area contributed by atoms with Crippen molar-refractivity contribution < 1.29 is 32.3 Å². The molecule has 1 heterocycles. The van der Waals surface area contributed by atoms with E-state index >= 15 is 0 Å². The van der Waals surface area contributed by atoms with E-state index in [9.17, 15) is 32.3 Å². The van der Waals surface area contributed by atoms with E-state index in [0.29, 0.717) is 17.4 Å². The molecule has 2 aromatic carbocycles. The molecule has 28 heavy (non-hydrogen) atoms. The molecule has 5 nitrogen and oxygen atoms in total. The molecule has 1 N–H and O–H groups in total. The number of halogens is 4. The van der Waals surface area contributed by atoms with Gasteiger partial charge in [-0.05, 0) is 24.6 Å². The van der Waals surface area contributed by atoms with E-state index in [1.54, 1.807) is 0 Å².